The Kier molecular flexibility index (Phi) is 6.01. The molecule has 146 valence electrons. The van der Waals surface area contributed by atoms with Crippen LogP contribution in [0.15, 0.2) is 48.2 Å². The quantitative estimate of drug-likeness (QED) is 0.629. The van der Waals surface area contributed by atoms with Crippen LogP contribution in [-0.2, 0) is 16.0 Å². The van der Waals surface area contributed by atoms with E-state index in [-0.39, 0.29) is 18.3 Å². The minimum absolute atomic E-state index is 0.124. The van der Waals surface area contributed by atoms with Crippen molar-refractivity contribution in [2.45, 2.75) is 45.6 Å². The summed E-state index contributed by atoms with van der Waals surface area (Å²) in [6.07, 6.45) is 6.82. The number of nitrogens with zero attached hydrogens (tertiary/aromatic N) is 1. The zero-order valence-electron chi connectivity index (χ0n) is 16.6. The van der Waals surface area contributed by atoms with E-state index in [0.29, 0.717) is 11.9 Å². The summed E-state index contributed by atoms with van der Waals surface area (Å²) >= 11 is 0. The molecule has 0 aliphatic heterocycles. The fourth-order valence-corrected chi connectivity index (χ4v) is 3.66. The lowest BCUT2D eigenvalue weighted by atomic mass is 9.69. The Morgan fingerprint density at radius 2 is 1.93 bits per heavy atom. The minimum Gasteiger partial charge on any atom is -0.460 e. The Hall–Kier alpha value is -2.44. The molecule has 0 amide bonds. The van der Waals surface area contributed by atoms with Gasteiger partial charge in [0.1, 0.15) is 5.60 Å². The number of ether oxygens (including phenoxy) is 1. The van der Waals surface area contributed by atoms with Crippen molar-refractivity contribution in [1.29, 1.82) is 0 Å². The van der Waals surface area contributed by atoms with Gasteiger partial charge >= 0.3 is 13.1 Å². The Balaban J connectivity index is 1.98. The molecule has 2 N–H and O–H groups in total. The van der Waals surface area contributed by atoms with Crippen molar-refractivity contribution in [2.75, 3.05) is 0 Å². The normalized spacial score (nSPS) is 16.6. The Morgan fingerprint density at radius 3 is 2.57 bits per heavy atom. The molecule has 6 heteroatoms. The van der Waals surface area contributed by atoms with Crippen molar-refractivity contribution in [3.8, 4) is 11.1 Å². The van der Waals surface area contributed by atoms with Gasteiger partial charge in [-0.15, -0.1) is 0 Å². The van der Waals surface area contributed by atoms with Crippen molar-refractivity contribution < 1.29 is 19.6 Å². The average molecular weight is 379 g/mol. The molecule has 3 rings (SSSR count). The Labute approximate surface area is 166 Å². The molecule has 1 aliphatic rings. The summed E-state index contributed by atoms with van der Waals surface area (Å²) in [5, 5.41) is 20.1. The highest BCUT2D eigenvalue weighted by Crippen LogP contribution is 2.35. The number of fused-ring (bicyclic) bond motifs is 1. The van der Waals surface area contributed by atoms with Gasteiger partial charge in [-0.05, 0) is 79.4 Å². The first kappa shape index (κ1) is 20.3. The van der Waals surface area contributed by atoms with Gasteiger partial charge in [0, 0.05) is 12.4 Å². The topological polar surface area (TPSA) is 79.7 Å². The number of benzene rings is 1. The molecule has 1 aromatic heterocycles. The van der Waals surface area contributed by atoms with E-state index in [1.165, 1.54) is 0 Å². The number of aromatic nitrogens is 1. The van der Waals surface area contributed by atoms with Crippen LogP contribution in [0.5, 0.6) is 0 Å². The van der Waals surface area contributed by atoms with Gasteiger partial charge in [-0.1, -0.05) is 24.3 Å². The van der Waals surface area contributed by atoms with Crippen LogP contribution in [0.1, 0.15) is 44.7 Å². The van der Waals surface area contributed by atoms with Crippen molar-refractivity contribution in [3.05, 3.63) is 59.3 Å². The highest BCUT2D eigenvalue weighted by Gasteiger charge is 2.31. The maximum Gasteiger partial charge on any atom is 0.484 e. The molecule has 2 aromatic rings. The molecule has 0 fully saturated rings. The van der Waals surface area contributed by atoms with Gasteiger partial charge in [-0.3, -0.25) is 9.78 Å². The summed E-state index contributed by atoms with van der Waals surface area (Å²) in [5.41, 5.74) is 3.99. The zero-order chi connectivity index (χ0) is 20.3. The zero-order valence-corrected chi connectivity index (χ0v) is 16.6. The van der Waals surface area contributed by atoms with Crippen LogP contribution < -0.4 is 0 Å². The van der Waals surface area contributed by atoms with Crippen molar-refractivity contribution in [3.63, 3.8) is 0 Å². The third-order valence-electron chi connectivity index (χ3n) is 4.86. The monoisotopic (exact) mass is 379 g/mol. The maximum absolute atomic E-state index is 12.3. The predicted molar refractivity (Wildman–Crippen MR) is 110 cm³/mol. The van der Waals surface area contributed by atoms with Crippen LogP contribution in [0, 0.1) is 5.92 Å². The van der Waals surface area contributed by atoms with Crippen LogP contribution in [0.3, 0.4) is 0 Å². The van der Waals surface area contributed by atoms with E-state index in [1.54, 1.807) is 12.4 Å². The first-order valence-corrected chi connectivity index (χ1v) is 9.56. The van der Waals surface area contributed by atoms with Gasteiger partial charge in [-0.25, -0.2) is 0 Å². The SMILES string of the molecule is CC(C)(C)OC(=O)C[C@@H]1CCc2cccc(-c3ccncc3)c2C=C1B(O)O. The molecule has 0 radical (unpaired) electrons. The molecule has 1 atom stereocenters. The number of carbonyl (C=O) groups is 1. The van der Waals surface area contributed by atoms with E-state index in [1.807, 2.05) is 57.2 Å². The summed E-state index contributed by atoms with van der Waals surface area (Å²) in [6.45, 7) is 5.48. The van der Waals surface area contributed by atoms with Gasteiger partial charge in [0.15, 0.2) is 0 Å². The number of hydrogen-bond donors (Lipinski definition) is 2. The van der Waals surface area contributed by atoms with Gasteiger partial charge in [0.05, 0.1) is 6.42 Å². The lowest BCUT2D eigenvalue weighted by molar-refractivity contribution is -0.155. The lowest BCUT2D eigenvalue weighted by Crippen LogP contribution is -2.28. The summed E-state index contributed by atoms with van der Waals surface area (Å²) < 4.78 is 5.44. The minimum atomic E-state index is -1.62. The number of hydrogen-bond acceptors (Lipinski definition) is 5. The second-order valence-electron chi connectivity index (χ2n) is 8.16. The summed E-state index contributed by atoms with van der Waals surface area (Å²) in [6, 6.07) is 9.93. The summed E-state index contributed by atoms with van der Waals surface area (Å²) in [7, 11) is -1.62. The van der Waals surface area contributed by atoms with E-state index >= 15 is 0 Å². The Morgan fingerprint density at radius 1 is 1.21 bits per heavy atom. The van der Waals surface area contributed by atoms with E-state index in [2.05, 4.69) is 4.98 Å². The predicted octanol–water partition coefficient (Wildman–Crippen LogP) is 3.44. The number of aryl methyl sites for hydroxylation is 1. The molecule has 1 heterocycles. The first-order chi connectivity index (χ1) is 13.2. The van der Waals surface area contributed by atoms with Crippen LogP contribution in [0.4, 0.5) is 0 Å². The molecule has 0 unspecified atom stereocenters. The van der Waals surface area contributed by atoms with E-state index < -0.39 is 12.7 Å². The molecule has 5 nitrogen and oxygen atoms in total. The van der Waals surface area contributed by atoms with Crippen LogP contribution in [0.25, 0.3) is 17.2 Å². The molecule has 0 saturated heterocycles. The summed E-state index contributed by atoms with van der Waals surface area (Å²) in [4.78, 5) is 16.4. The molecule has 0 spiro atoms. The highest BCUT2D eigenvalue weighted by molar-refractivity contribution is 6.52. The van der Waals surface area contributed by atoms with Gasteiger partial charge < -0.3 is 14.8 Å². The van der Waals surface area contributed by atoms with Crippen molar-refractivity contribution in [1.82, 2.24) is 4.98 Å². The van der Waals surface area contributed by atoms with Crippen molar-refractivity contribution in [2.24, 2.45) is 5.92 Å². The van der Waals surface area contributed by atoms with Gasteiger partial charge in [0.25, 0.3) is 0 Å². The molecule has 0 saturated carbocycles. The number of allylic oxidation sites excluding steroid dienone is 1. The van der Waals surface area contributed by atoms with Crippen LogP contribution in [0.2, 0.25) is 0 Å². The smallest absolute Gasteiger partial charge is 0.460 e. The number of esters is 1. The second-order valence-corrected chi connectivity index (χ2v) is 8.16. The number of rotatable bonds is 4. The standard InChI is InChI=1S/C22H26BNO4/c1-22(2,3)28-21(25)13-17-8-7-15-5-4-6-18(16-9-11-24-12-10-16)19(15)14-20(17)23(26)27/h4-6,9-12,14,17,26-27H,7-8,13H2,1-3H3/t17-/m0/s1. The molecule has 28 heavy (non-hydrogen) atoms. The van der Waals surface area contributed by atoms with Crippen LogP contribution in [-0.4, -0.2) is 33.7 Å². The van der Waals surface area contributed by atoms with E-state index in [9.17, 15) is 14.8 Å². The third kappa shape index (κ3) is 4.88. The van der Waals surface area contributed by atoms with Crippen molar-refractivity contribution >= 4 is 19.2 Å². The lowest BCUT2D eigenvalue weighted by Gasteiger charge is -2.23. The van der Waals surface area contributed by atoms with Gasteiger partial charge in [0.2, 0.25) is 0 Å². The Bertz CT molecular complexity index is 872. The fraction of sp³-hybridized carbons (Fsp3) is 0.364. The average Bonchev–Trinajstić information content (AvgIpc) is 2.80. The maximum atomic E-state index is 12.3. The summed E-state index contributed by atoms with van der Waals surface area (Å²) in [5.74, 6) is -0.614. The number of carbonyl (C=O) groups excluding carboxylic acids is 1. The molecule has 1 aromatic carbocycles. The fourth-order valence-electron chi connectivity index (χ4n) is 3.66. The molecular weight excluding hydrogens is 353 g/mol. The molecule has 0 bridgehead atoms. The van der Waals surface area contributed by atoms with E-state index in [4.69, 9.17) is 4.74 Å². The first-order valence-electron chi connectivity index (χ1n) is 9.56. The van der Waals surface area contributed by atoms with E-state index in [0.717, 1.165) is 28.7 Å². The second kappa shape index (κ2) is 8.29. The third-order valence-corrected chi connectivity index (χ3v) is 4.86. The molecule has 1 aliphatic carbocycles. The van der Waals surface area contributed by atoms with Crippen LogP contribution >= 0.6 is 0 Å². The largest absolute Gasteiger partial charge is 0.484 e. The highest BCUT2D eigenvalue weighted by atomic mass is 16.6. The molecular formula is C22H26BNO4. The van der Waals surface area contributed by atoms with Gasteiger partial charge in [-0.2, -0.15) is 0 Å². The number of pyridine rings is 1.